The number of hydrogen-bond donors (Lipinski definition) is 2. The van der Waals surface area contributed by atoms with Gasteiger partial charge in [-0.25, -0.2) is 4.79 Å². The molecule has 11 heteroatoms. The van der Waals surface area contributed by atoms with E-state index in [-0.39, 0.29) is 6.04 Å². The monoisotopic (exact) mass is 463 g/mol. The average Bonchev–Trinajstić information content (AvgIpc) is 3.21. The van der Waals surface area contributed by atoms with Crippen molar-refractivity contribution in [2.24, 2.45) is 5.73 Å². The lowest BCUT2D eigenvalue weighted by Gasteiger charge is -2.26. The normalized spacial score (nSPS) is 15.1. The first kappa shape index (κ1) is 23.7. The summed E-state index contributed by atoms with van der Waals surface area (Å²) in [5.74, 6) is 1.71. The molecule has 2 aromatic rings. The van der Waals surface area contributed by atoms with Crippen LogP contribution >= 0.6 is 11.8 Å². The van der Waals surface area contributed by atoms with Crippen molar-refractivity contribution in [2.45, 2.75) is 55.5 Å². The number of ether oxygens (including phenoxy) is 3. The van der Waals surface area contributed by atoms with Gasteiger partial charge in [0.15, 0.2) is 22.5 Å². The quantitative estimate of drug-likeness (QED) is 0.571. The maximum Gasteiger partial charge on any atom is 0.318 e. The van der Waals surface area contributed by atoms with E-state index in [4.69, 9.17) is 19.9 Å². The third-order valence-corrected chi connectivity index (χ3v) is 6.48. The van der Waals surface area contributed by atoms with Crippen LogP contribution < -0.4 is 25.3 Å². The Morgan fingerprint density at radius 2 is 1.72 bits per heavy atom. The molecule has 174 valence electrons. The number of rotatable bonds is 8. The topological polar surface area (TPSA) is 131 Å². The molecule has 10 nitrogen and oxygen atoms in total. The van der Waals surface area contributed by atoms with Crippen molar-refractivity contribution < 1.29 is 23.8 Å². The lowest BCUT2D eigenvalue weighted by molar-refractivity contribution is -0.119. The first-order chi connectivity index (χ1) is 15.4. The van der Waals surface area contributed by atoms with Crippen LogP contribution in [-0.4, -0.2) is 53.3 Å². The predicted octanol–water partition coefficient (Wildman–Crippen LogP) is 3.15. The number of hydrogen-bond acceptors (Lipinski definition) is 8. The van der Waals surface area contributed by atoms with Gasteiger partial charge in [-0.3, -0.25) is 14.7 Å². The first-order valence-corrected chi connectivity index (χ1v) is 11.3. The van der Waals surface area contributed by atoms with Crippen molar-refractivity contribution in [1.29, 1.82) is 0 Å². The van der Waals surface area contributed by atoms with Crippen LogP contribution in [0.15, 0.2) is 17.3 Å². The van der Waals surface area contributed by atoms with Crippen molar-refractivity contribution >= 4 is 23.7 Å². The minimum absolute atomic E-state index is 0.196. The van der Waals surface area contributed by atoms with E-state index < -0.39 is 17.2 Å². The Balaban J connectivity index is 2.05. The summed E-state index contributed by atoms with van der Waals surface area (Å²) in [6, 6.07) is 2.99. The van der Waals surface area contributed by atoms with E-state index >= 15 is 0 Å². The van der Waals surface area contributed by atoms with Gasteiger partial charge in [0.05, 0.1) is 26.6 Å². The van der Waals surface area contributed by atoms with Crippen LogP contribution in [0.5, 0.6) is 17.2 Å². The fraction of sp³-hybridized carbons (Fsp3) is 0.524. The number of carbonyl (C=O) groups is 2. The number of imide groups is 1. The van der Waals surface area contributed by atoms with Gasteiger partial charge >= 0.3 is 6.03 Å². The Morgan fingerprint density at radius 1 is 1.09 bits per heavy atom. The Labute approximate surface area is 191 Å². The molecular formula is C21H29N5O5S. The van der Waals surface area contributed by atoms with E-state index in [2.05, 4.69) is 20.1 Å². The summed E-state index contributed by atoms with van der Waals surface area (Å²) in [5.41, 5.74) is 5.85. The highest BCUT2D eigenvalue weighted by molar-refractivity contribution is 8.00. The van der Waals surface area contributed by atoms with E-state index in [0.717, 1.165) is 31.2 Å². The van der Waals surface area contributed by atoms with E-state index in [0.29, 0.717) is 28.2 Å². The zero-order valence-electron chi connectivity index (χ0n) is 18.7. The first-order valence-electron chi connectivity index (χ1n) is 10.4. The molecule has 1 saturated carbocycles. The third kappa shape index (κ3) is 5.09. The van der Waals surface area contributed by atoms with Gasteiger partial charge in [0.25, 0.3) is 0 Å². The Bertz CT molecular complexity index is 948. The number of urea groups is 1. The number of nitrogens with zero attached hydrogens (tertiary/aromatic N) is 3. The number of thioether (sulfide) groups is 1. The number of nitrogens with two attached hydrogens (primary N) is 1. The van der Waals surface area contributed by atoms with E-state index in [1.54, 1.807) is 28.3 Å². The molecule has 3 amide bonds. The zero-order chi connectivity index (χ0) is 23.3. The van der Waals surface area contributed by atoms with Crippen molar-refractivity contribution in [3.63, 3.8) is 0 Å². The van der Waals surface area contributed by atoms with Gasteiger partial charge in [-0.05, 0) is 31.9 Å². The summed E-state index contributed by atoms with van der Waals surface area (Å²) in [6.45, 7) is 1.70. The van der Waals surface area contributed by atoms with Crippen molar-refractivity contribution in [3.8, 4) is 28.6 Å². The second kappa shape index (κ2) is 10.6. The fourth-order valence-electron chi connectivity index (χ4n) is 3.87. The number of carbonyl (C=O) groups excluding carboxylic acids is 2. The molecule has 1 atom stereocenters. The van der Waals surface area contributed by atoms with E-state index in [9.17, 15) is 9.59 Å². The Hall–Kier alpha value is -2.95. The maximum atomic E-state index is 12.2. The molecule has 0 radical (unpaired) electrons. The molecule has 1 heterocycles. The highest BCUT2D eigenvalue weighted by Gasteiger charge is 2.28. The van der Waals surface area contributed by atoms with Crippen LogP contribution in [-0.2, 0) is 4.79 Å². The molecule has 1 aromatic heterocycles. The van der Waals surface area contributed by atoms with Gasteiger partial charge in [-0.15, -0.1) is 10.2 Å². The number of amides is 3. The Morgan fingerprint density at radius 3 is 2.25 bits per heavy atom. The standard InChI is InChI=1S/C21H29N5O5S/c1-12(19(27)23-20(22)28)32-21-25-24-18(26(21)14-8-6-5-7-9-14)13-10-15(29-2)17(31-4)16(11-13)30-3/h10-12,14H,5-9H2,1-4H3,(H3,22,23,27,28). The van der Waals surface area contributed by atoms with Gasteiger partial charge in [-0.1, -0.05) is 31.0 Å². The van der Waals surface area contributed by atoms with Crippen molar-refractivity contribution in [2.75, 3.05) is 21.3 Å². The predicted molar refractivity (Wildman–Crippen MR) is 120 cm³/mol. The van der Waals surface area contributed by atoms with Crippen LogP contribution in [0, 0.1) is 0 Å². The molecule has 0 spiro atoms. The number of benzene rings is 1. The molecule has 1 aromatic carbocycles. The molecule has 1 aliphatic carbocycles. The van der Waals surface area contributed by atoms with Gasteiger partial charge in [-0.2, -0.15) is 0 Å². The molecule has 32 heavy (non-hydrogen) atoms. The van der Waals surface area contributed by atoms with Crippen LogP contribution in [0.2, 0.25) is 0 Å². The molecule has 0 aliphatic heterocycles. The fourth-order valence-corrected chi connectivity index (χ4v) is 4.79. The van der Waals surface area contributed by atoms with Crippen LogP contribution in [0.25, 0.3) is 11.4 Å². The number of primary amides is 1. The second-order valence-corrected chi connectivity index (χ2v) is 8.80. The van der Waals surface area contributed by atoms with Crippen LogP contribution in [0.4, 0.5) is 4.79 Å². The largest absolute Gasteiger partial charge is 0.493 e. The van der Waals surface area contributed by atoms with Gasteiger partial charge < -0.3 is 19.9 Å². The molecule has 1 unspecified atom stereocenters. The highest BCUT2D eigenvalue weighted by Crippen LogP contribution is 2.43. The molecule has 3 N–H and O–H groups in total. The summed E-state index contributed by atoms with van der Waals surface area (Å²) in [6.07, 6.45) is 5.40. The summed E-state index contributed by atoms with van der Waals surface area (Å²) in [7, 11) is 4.68. The van der Waals surface area contributed by atoms with Crippen LogP contribution in [0.3, 0.4) is 0 Å². The van der Waals surface area contributed by atoms with Gasteiger partial charge in [0.1, 0.15) is 0 Å². The molecule has 3 rings (SSSR count). The van der Waals surface area contributed by atoms with Gasteiger partial charge in [0.2, 0.25) is 11.7 Å². The maximum absolute atomic E-state index is 12.2. The summed E-state index contributed by atoms with van der Waals surface area (Å²) in [5, 5.41) is 11.0. The molecular weight excluding hydrogens is 434 g/mol. The van der Waals surface area contributed by atoms with E-state index in [1.165, 1.54) is 18.2 Å². The van der Waals surface area contributed by atoms with Crippen molar-refractivity contribution in [3.05, 3.63) is 12.1 Å². The molecule has 1 aliphatic rings. The highest BCUT2D eigenvalue weighted by atomic mass is 32.2. The lowest BCUT2D eigenvalue weighted by atomic mass is 9.95. The number of nitrogens with one attached hydrogen (secondary N) is 1. The Kier molecular flexibility index (Phi) is 7.84. The van der Waals surface area contributed by atoms with Gasteiger partial charge in [0, 0.05) is 11.6 Å². The minimum atomic E-state index is -0.880. The SMILES string of the molecule is COc1cc(-c2nnc(SC(C)C(=O)NC(N)=O)n2C2CCCCC2)cc(OC)c1OC. The molecule has 0 bridgehead atoms. The van der Waals surface area contributed by atoms with Crippen LogP contribution in [0.1, 0.15) is 45.1 Å². The molecule has 1 fully saturated rings. The lowest BCUT2D eigenvalue weighted by Crippen LogP contribution is -2.39. The number of methoxy groups -OCH3 is 3. The zero-order valence-corrected chi connectivity index (χ0v) is 19.5. The van der Waals surface area contributed by atoms with Crippen molar-refractivity contribution in [1.82, 2.24) is 20.1 Å². The summed E-state index contributed by atoms with van der Waals surface area (Å²) < 4.78 is 18.5. The van der Waals surface area contributed by atoms with E-state index in [1.807, 2.05) is 12.1 Å². The smallest absolute Gasteiger partial charge is 0.318 e. The summed E-state index contributed by atoms with van der Waals surface area (Å²) in [4.78, 5) is 23.3. The third-order valence-electron chi connectivity index (χ3n) is 5.43. The minimum Gasteiger partial charge on any atom is -0.493 e. The summed E-state index contributed by atoms with van der Waals surface area (Å²) >= 11 is 1.24. The second-order valence-electron chi connectivity index (χ2n) is 7.50. The average molecular weight is 464 g/mol. The molecule has 0 saturated heterocycles. The number of aromatic nitrogens is 3.